The van der Waals surface area contributed by atoms with E-state index in [0.717, 1.165) is 33.6 Å². The molecule has 0 atom stereocenters. The van der Waals surface area contributed by atoms with E-state index in [0.29, 0.717) is 5.82 Å². The van der Waals surface area contributed by atoms with E-state index >= 15 is 0 Å². The molecule has 0 bridgehead atoms. The van der Waals surface area contributed by atoms with Gasteiger partial charge in [0.1, 0.15) is 0 Å². The Balaban J connectivity index is 2.27. The first kappa shape index (κ1) is 12.5. The summed E-state index contributed by atoms with van der Waals surface area (Å²) < 4.78 is 5.52. The zero-order valence-corrected chi connectivity index (χ0v) is 11.6. The van der Waals surface area contributed by atoms with Crippen LogP contribution < -0.4 is 5.73 Å². The van der Waals surface area contributed by atoms with Crippen LogP contribution >= 0.6 is 0 Å². The van der Waals surface area contributed by atoms with Crippen LogP contribution in [0, 0.1) is 13.8 Å². The summed E-state index contributed by atoms with van der Waals surface area (Å²) in [7, 11) is 0. The fraction of sp³-hybridized carbons (Fsp3) is 0.118. The molecule has 3 aromatic rings. The zero-order valence-electron chi connectivity index (χ0n) is 11.6. The maximum Gasteiger partial charge on any atom is 0.177 e. The fourth-order valence-electron chi connectivity index (χ4n) is 2.53. The Morgan fingerprint density at radius 3 is 2.15 bits per heavy atom. The molecule has 0 aliphatic heterocycles. The largest absolute Gasteiger partial charge is 0.380 e. The van der Waals surface area contributed by atoms with E-state index in [-0.39, 0.29) is 0 Å². The molecule has 0 saturated carbocycles. The van der Waals surface area contributed by atoms with Gasteiger partial charge in [-0.15, -0.1) is 0 Å². The van der Waals surface area contributed by atoms with Crippen molar-refractivity contribution in [2.75, 3.05) is 5.73 Å². The first-order valence-electron chi connectivity index (χ1n) is 6.55. The summed E-state index contributed by atoms with van der Waals surface area (Å²) in [6.07, 6.45) is 0. The predicted octanol–water partition coefficient (Wildman–Crippen LogP) is 4.21. The number of hydrogen-bond donors (Lipinski definition) is 1. The molecule has 3 heteroatoms. The van der Waals surface area contributed by atoms with Gasteiger partial charge in [-0.3, -0.25) is 0 Å². The molecule has 3 rings (SSSR count). The molecule has 2 aromatic carbocycles. The third-order valence-electron chi connectivity index (χ3n) is 3.49. The standard InChI is InChI=1S/C17H16N2O/c1-11-7-6-8-12(2)14(11)16-15(17(18)19-20-16)13-9-4-3-5-10-13/h3-10H,1-2H3,(H2,18,19). The number of aromatic nitrogens is 1. The van der Waals surface area contributed by atoms with Gasteiger partial charge in [0.25, 0.3) is 0 Å². The van der Waals surface area contributed by atoms with Crippen molar-refractivity contribution in [2.45, 2.75) is 13.8 Å². The maximum absolute atomic E-state index is 6.01. The summed E-state index contributed by atoms with van der Waals surface area (Å²) in [6.45, 7) is 4.13. The van der Waals surface area contributed by atoms with Crippen LogP contribution in [0.15, 0.2) is 53.1 Å². The first-order valence-corrected chi connectivity index (χ1v) is 6.55. The van der Waals surface area contributed by atoms with Gasteiger partial charge in [0.05, 0.1) is 5.56 Å². The van der Waals surface area contributed by atoms with Crippen LogP contribution in [0.4, 0.5) is 5.82 Å². The van der Waals surface area contributed by atoms with Gasteiger partial charge in [-0.1, -0.05) is 53.7 Å². The van der Waals surface area contributed by atoms with E-state index in [1.165, 1.54) is 0 Å². The third-order valence-corrected chi connectivity index (χ3v) is 3.49. The highest BCUT2D eigenvalue weighted by atomic mass is 16.5. The minimum absolute atomic E-state index is 0.425. The van der Waals surface area contributed by atoms with Crippen molar-refractivity contribution in [2.24, 2.45) is 0 Å². The minimum atomic E-state index is 0.425. The predicted molar refractivity (Wildman–Crippen MR) is 81.3 cm³/mol. The highest BCUT2D eigenvalue weighted by molar-refractivity contribution is 5.88. The smallest absolute Gasteiger partial charge is 0.177 e. The van der Waals surface area contributed by atoms with Gasteiger partial charge in [0, 0.05) is 5.56 Å². The lowest BCUT2D eigenvalue weighted by atomic mass is 9.95. The molecule has 0 spiro atoms. The second kappa shape index (κ2) is 4.85. The molecule has 1 aromatic heterocycles. The molecule has 20 heavy (non-hydrogen) atoms. The van der Waals surface area contributed by atoms with Crippen molar-refractivity contribution in [1.29, 1.82) is 0 Å². The molecule has 0 radical (unpaired) electrons. The van der Waals surface area contributed by atoms with Crippen LogP contribution in [-0.4, -0.2) is 5.16 Å². The Labute approximate surface area is 118 Å². The second-order valence-corrected chi connectivity index (χ2v) is 4.90. The molecule has 2 N–H and O–H groups in total. The third kappa shape index (κ3) is 1.97. The van der Waals surface area contributed by atoms with E-state index in [1.807, 2.05) is 36.4 Å². The average Bonchev–Trinajstić information content (AvgIpc) is 2.81. The van der Waals surface area contributed by atoms with Crippen molar-refractivity contribution in [3.05, 3.63) is 59.7 Å². The summed E-state index contributed by atoms with van der Waals surface area (Å²) in [6, 6.07) is 16.1. The molecule has 0 amide bonds. The van der Waals surface area contributed by atoms with Gasteiger partial charge in [-0.25, -0.2) is 0 Å². The van der Waals surface area contributed by atoms with E-state index in [4.69, 9.17) is 10.3 Å². The summed E-state index contributed by atoms with van der Waals surface area (Å²) in [5, 5.41) is 3.95. The lowest BCUT2D eigenvalue weighted by molar-refractivity contribution is 0.435. The van der Waals surface area contributed by atoms with Gasteiger partial charge < -0.3 is 10.3 Å². The van der Waals surface area contributed by atoms with Crippen LogP contribution in [0.25, 0.3) is 22.5 Å². The number of hydrogen-bond acceptors (Lipinski definition) is 3. The number of rotatable bonds is 2. The molecule has 0 unspecified atom stereocenters. The number of anilines is 1. The number of nitrogens with two attached hydrogens (primary N) is 1. The van der Waals surface area contributed by atoms with Crippen LogP contribution in [0.1, 0.15) is 11.1 Å². The van der Waals surface area contributed by atoms with Crippen LogP contribution in [0.5, 0.6) is 0 Å². The fourth-order valence-corrected chi connectivity index (χ4v) is 2.53. The molecular weight excluding hydrogens is 248 g/mol. The quantitative estimate of drug-likeness (QED) is 0.754. The second-order valence-electron chi connectivity index (χ2n) is 4.90. The van der Waals surface area contributed by atoms with Crippen LogP contribution in [0.2, 0.25) is 0 Å². The van der Waals surface area contributed by atoms with Crippen molar-refractivity contribution in [3.63, 3.8) is 0 Å². The molecule has 0 aliphatic rings. The molecule has 100 valence electrons. The van der Waals surface area contributed by atoms with Gasteiger partial charge in [-0.2, -0.15) is 0 Å². The van der Waals surface area contributed by atoms with Gasteiger partial charge in [0.2, 0.25) is 0 Å². The zero-order chi connectivity index (χ0) is 14.1. The normalized spacial score (nSPS) is 10.7. The minimum Gasteiger partial charge on any atom is -0.380 e. The Morgan fingerprint density at radius 1 is 0.850 bits per heavy atom. The lowest BCUT2D eigenvalue weighted by Gasteiger charge is -2.08. The SMILES string of the molecule is Cc1cccc(C)c1-c1onc(N)c1-c1ccccc1. The van der Waals surface area contributed by atoms with E-state index in [9.17, 15) is 0 Å². The molecule has 3 nitrogen and oxygen atoms in total. The summed E-state index contributed by atoms with van der Waals surface area (Å²) >= 11 is 0. The summed E-state index contributed by atoms with van der Waals surface area (Å²) in [5.74, 6) is 1.16. The van der Waals surface area contributed by atoms with Crippen molar-refractivity contribution in [3.8, 4) is 22.5 Å². The molecular formula is C17H16N2O. The highest BCUT2D eigenvalue weighted by Gasteiger charge is 2.20. The van der Waals surface area contributed by atoms with Gasteiger partial charge in [-0.05, 0) is 30.5 Å². The van der Waals surface area contributed by atoms with E-state index in [2.05, 4.69) is 31.1 Å². The molecule has 0 fully saturated rings. The van der Waals surface area contributed by atoms with Crippen molar-refractivity contribution < 1.29 is 4.52 Å². The maximum atomic E-state index is 6.01. The average molecular weight is 264 g/mol. The summed E-state index contributed by atoms with van der Waals surface area (Å²) in [5.41, 5.74) is 11.3. The van der Waals surface area contributed by atoms with Crippen molar-refractivity contribution in [1.82, 2.24) is 5.16 Å². The number of aryl methyl sites for hydroxylation is 2. The molecule has 0 aliphatic carbocycles. The summed E-state index contributed by atoms with van der Waals surface area (Å²) in [4.78, 5) is 0. The van der Waals surface area contributed by atoms with E-state index in [1.54, 1.807) is 0 Å². The Morgan fingerprint density at radius 2 is 1.50 bits per heavy atom. The van der Waals surface area contributed by atoms with Crippen LogP contribution in [-0.2, 0) is 0 Å². The lowest BCUT2D eigenvalue weighted by Crippen LogP contribution is -1.91. The first-order chi connectivity index (χ1) is 9.68. The highest BCUT2D eigenvalue weighted by Crippen LogP contribution is 2.39. The number of benzene rings is 2. The Kier molecular flexibility index (Phi) is 3.03. The molecule has 0 saturated heterocycles. The van der Waals surface area contributed by atoms with Gasteiger partial charge >= 0.3 is 0 Å². The topological polar surface area (TPSA) is 52.0 Å². The molecule has 1 heterocycles. The van der Waals surface area contributed by atoms with E-state index < -0.39 is 0 Å². The van der Waals surface area contributed by atoms with Crippen molar-refractivity contribution >= 4 is 5.82 Å². The Bertz CT molecular complexity index is 725. The van der Waals surface area contributed by atoms with Crippen LogP contribution in [0.3, 0.4) is 0 Å². The van der Waals surface area contributed by atoms with Gasteiger partial charge in [0.15, 0.2) is 11.6 Å². The monoisotopic (exact) mass is 264 g/mol. The number of nitrogens with zero attached hydrogens (tertiary/aromatic N) is 1. The Hall–Kier alpha value is -2.55. The number of nitrogen functional groups attached to an aromatic ring is 1.